The van der Waals surface area contributed by atoms with Crippen molar-refractivity contribution in [3.8, 4) is 11.3 Å². The van der Waals surface area contributed by atoms with Gasteiger partial charge in [-0.05, 0) is 38.1 Å². The predicted octanol–water partition coefficient (Wildman–Crippen LogP) is 1.89. The quantitative estimate of drug-likeness (QED) is 0.385. The van der Waals surface area contributed by atoms with E-state index in [2.05, 4.69) is 20.6 Å². The third kappa shape index (κ3) is 3.88. The summed E-state index contributed by atoms with van der Waals surface area (Å²) in [7, 11) is 0. The van der Waals surface area contributed by atoms with Gasteiger partial charge in [-0.1, -0.05) is 16.4 Å². The molecule has 1 aromatic carbocycles. The van der Waals surface area contributed by atoms with Crippen molar-refractivity contribution >= 4 is 40.1 Å². The summed E-state index contributed by atoms with van der Waals surface area (Å²) in [4.78, 5) is 32.3. The summed E-state index contributed by atoms with van der Waals surface area (Å²) in [6.45, 7) is 3.45. The van der Waals surface area contributed by atoms with E-state index in [9.17, 15) is 14.7 Å². The molecule has 2 amide bonds. The van der Waals surface area contributed by atoms with Crippen LogP contribution in [-0.4, -0.2) is 57.1 Å². The highest BCUT2D eigenvalue weighted by Gasteiger charge is 2.50. The van der Waals surface area contributed by atoms with Gasteiger partial charge in [0.1, 0.15) is 12.1 Å². The number of hydrogen-bond donors (Lipinski definition) is 3. The second-order valence-corrected chi connectivity index (χ2v) is 8.28. The summed E-state index contributed by atoms with van der Waals surface area (Å²) < 4.78 is 15.7. The topological polar surface area (TPSA) is 170 Å². The van der Waals surface area contributed by atoms with Gasteiger partial charge in [0, 0.05) is 11.8 Å². The van der Waals surface area contributed by atoms with Crippen LogP contribution in [0.5, 0.6) is 0 Å². The minimum atomic E-state index is -1.84. The molecule has 1 aliphatic heterocycles. The molecule has 2 atom stereocenters. The van der Waals surface area contributed by atoms with E-state index in [1.165, 1.54) is 24.2 Å². The largest absolute Gasteiger partial charge is 0.380 e. The van der Waals surface area contributed by atoms with Gasteiger partial charge in [0.25, 0.3) is 11.8 Å². The Bertz CT molecular complexity index is 1430. The average molecular weight is 478 g/mol. The average Bonchev–Trinajstić information content (AvgIpc) is 3.45. The van der Waals surface area contributed by atoms with Gasteiger partial charge in [0.15, 0.2) is 23.1 Å². The van der Waals surface area contributed by atoms with Crippen LogP contribution in [-0.2, 0) is 14.3 Å². The Morgan fingerprint density at radius 1 is 1.29 bits per heavy atom. The van der Waals surface area contributed by atoms with Crippen molar-refractivity contribution in [2.45, 2.75) is 25.6 Å². The molecule has 0 saturated carbocycles. The van der Waals surface area contributed by atoms with E-state index in [0.29, 0.717) is 39.4 Å². The lowest BCUT2D eigenvalue weighted by atomic mass is 9.94. The highest BCUT2D eigenvalue weighted by atomic mass is 16.5. The van der Waals surface area contributed by atoms with E-state index < -0.39 is 23.5 Å². The van der Waals surface area contributed by atoms with Gasteiger partial charge in [0.05, 0.1) is 35.5 Å². The maximum Gasteiger partial charge on any atom is 0.263 e. The second kappa shape index (κ2) is 8.49. The lowest BCUT2D eigenvalue weighted by molar-refractivity contribution is -0.170. The Labute approximate surface area is 198 Å². The Morgan fingerprint density at radius 3 is 2.89 bits per heavy atom. The predicted molar refractivity (Wildman–Crippen MR) is 124 cm³/mol. The highest BCUT2D eigenvalue weighted by molar-refractivity contribution is 6.06. The number of aliphatic hydroxyl groups excluding tert-OH is 1. The van der Waals surface area contributed by atoms with E-state index >= 15 is 0 Å². The van der Waals surface area contributed by atoms with E-state index in [-0.39, 0.29) is 19.0 Å². The van der Waals surface area contributed by atoms with E-state index in [4.69, 9.17) is 19.5 Å². The molecule has 12 heteroatoms. The minimum Gasteiger partial charge on any atom is -0.380 e. The number of hydrogen-bond acceptors (Lipinski definition) is 10. The first-order valence-electron chi connectivity index (χ1n) is 10.8. The van der Waals surface area contributed by atoms with Crippen molar-refractivity contribution < 1.29 is 28.5 Å². The van der Waals surface area contributed by atoms with Crippen LogP contribution in [0.15, 0.2) is 51.7 Å². The number of nitrogens with zero attached hydrogens (tertiary/aromatic N) is 4. The van der Waals surface area contributed by atoms with Crippen molar-refractivity contribution in [2.24, 2.45) is 0 Å². The van der Waals surface area contributed by atoms with E-state index in [0.717, 1.165) is 0 Å². The number of pyridine rings is 1. The minimum absolute atomic E-state index is 0.0914. The van der Waals surface area contributed by atoms with Crippen LogP contribution in [0.4, 0.5) is 17.3 Å². The third-order valence-corrected chi connectivity index (χ3v) is 5.96. The van der Waals surface area contributed by atoms with Gasteiger partial charge < -0.3 is 29.9 Å². The summed E-state index contributed by atoms with van der Waals surface area (Å²) in [6, 6.07) is 9.92. The molecule has 0 spiro atoms. The maximum atomic E-state index is 13.4. The molecule has 5 rings (SSSR count). The van der Waals surface area contributed by atoms with Crippen LogP contribution in [0, 0.1) is 6.92 Å². The smallest absolute Gasteiger partial charge is 0.263 e. The molecular formula is C23H22N6O6. The monoisotopic (exact) mass is 478 g/mol. The van der Waals surface area contributed by atoms with Crippen LogP contribution >= 0.6 is 0 Å². The number of aryl methyl sites for hydroxylation is 1. The normalized spacial score (nSPS) is 19.2. The second-order valence-electron chi connectivity index (χ2n) is 8.28. The van der Waals surface area contributed by atoms with Crippen molar-refractivity contribution in [1.82, 2.24) is 15.3 Å². The van der Waals surface area contributed by atoms with Gasteiger partial charge in [-0.25, -0.2) is 4.98 Å². The number of morpholine rings is 1. The molecule has 1 fully saturated rings. The van der Waals surface area contributed by atoms with E-state index in [1.54, 1.807) is 37.3 Å². The molecule has 0 bridgehead atoms. The Hall–Kier alpha value is -4.29. The molecule has 35 heavy (non-hydrogen) atoms. The molecule has 0 unspecified atom stereocenters. The summed E-state index contributed by atoms with van der Waals surface area (Å²) in [5, 5.41) is 21.6. The number of carbonyl (C=O) groups excluding carboxylic acids is 2. The van der Waals surface area contributed by atoms with Gasteiger partial charge in [-0.3, -0.25) is 14.5 Å². The number of aliphatic hydroxyl groups is 1. The van der Waals surface area contributed by atoms with Crippen LogP contribution in [0.1, 0.15) is 12.6 Å². The molecule has 4 heterocycles. The number of aromatic nitrogens is 3. The molecule has 0 aliphatic carbocycles. The molecule has 180 valence electrons. The number of fused-ring (bicyclic) bond motifs is 1. The lowest BCUT2D eigenvalue weighted by Crippen LogP contribution is -2.63. The number of rotatable bonds is 5. The number of carbonyl (C=O) groups is 2. The summed E-state index contributed by atoms with van der Waals surface area (Å²) in [6.07, 6.45) is -0.331. The zero-order valence-corrected chi connectivity index (χ0v) is 18.9. The number of nitrogens with one attached hydrogen (secondary N) is 1. The summed E-state index contributed by atoms with van der Waals surface area (Å²) in [5.74, 6) is -0.847. The van der Waals surface area contributed by atoms with Gasteiger partial charge in [0.2, 0.25) is 0 Å². The fourth-order valence-corrected chi connectivity index (χ4v) is 3.95. The Morgan fingerprint density at radius 2 is 2.11 bits per heavy atom. The number of nitrogen functional groups attached to an aromatic ring is 1. The molecule has 0 radical (unpaired) electrons. The van der Waals surface area contributed by atoms with Crippen LogP contribution in [0.3, 0.4) is 0 Å². The molecular weight excluding hydrogens is 456 g/mol. The van der Waals surface area contributed by atoms with Gasteiger partial charge in [-0.15, -0.1) is 0 Å². The van der Waals surface area contributed by atoms with Crippen molar-refractivity contribution in [1.29, 1.82) is 0 Å². The van der Waals surface area contributed by atoms with Crippen molar-refractivity contribution in [3.63, 3.8) is 0 Å². The number of benzene rings is 1. The molecule has 3 aromatic heterocycles. The first-order valence-corrected chi connectivity index (χ1v) is 10.8. The summed E-state index contributed by atoms with van der Waals surface area (Å²) in [5.41, 5.74) is 6.49. The third-order valence-electron chi connectivity index (χ3n) is 5.96. The van der Waals surface area contributed by atoms with Gasteiger partial charge >= 0.3 is 0 Å². The first kappa shape index (κ1) is 22.5. The molecule has 1 aliphatic rings. The lowest BCUT2D eigenvalue weighted by Gasteiger charge is -2.40. The number of nitrogens with two attached hydrogens (primary N) is 1. The SMILES string of the molecule is Cc1nocc1-c1cccc(N2CCO[C@](C)([C@@H](O)C(=O)Nc3ccc4c(N)noc4c3)C2=O)n1. The fourth-order valence-electron chi connectivity index (χ4n) is 3.95. The number of ether oxygens (including phenoxy) is 1. The van der Waals surface area contributed by atoms with E-state index in [1.807, 2.05) is 0 Å². The first-order chi connectivity index (χ1) is 16.8. The standard InChI is InChI=1S/C23H22N6O6/c1-12-15(11-34-27-12)16-4-3-5-18(26-16)29-8-9-33-23(2,22(29)32)19(30)21(31)25-13-6-7-14-17(10-13)35-28-20(14)24/h3-7,10-11,19,30H,8-9H2,1-2H3,(H2,24,28)(H,25,31)/t19-,23+/m0/s1. The molecule has 1 saturated heterocycles. The summed E-state index contributed by atoms with van der Waals surface area (Å²) >= 11 is 0. The number of anilines is 3. The fraction of sp³-hybridized carbons (Fsp3) is 0.261. The zero-order valence-electron chi connectivity index (χ0n) is 18.9. The molecule has 4 N–H and O–H groups in total. The van der Waals surface area contributed by atoms with Crippen LogP contribution in [0.25, 0.3) is 22.2 Å². The number of amides is 2. The molecule has 4 aromatic rings. The highest BCUT2D eigenvalue weighted by Crippen LogP contribution is 2.30. The maximum absolute atomic E-state index is 13.4. The van der Waals surface area contributed by atoms with Gasteiger partial charge in [-0.2, -0.15) is 0 Å². The Balaban J connectivity index is 1.37. The van der Waals surface area contributed by atoms with Crippen molar-refractivity contribution in [3.05, 3.63) is 48.4 Å². The Kier molecular flexibility index (Phi) is 5.46. The van der Waals surface area contributed by atoms with Crippen LogP contribution in [0.2, 0.25) is 0 Å². The zero-order chi connectivity index (χ0) is 24.7. The van der Waals surface area contributed by atoms with Crippen LogP contribution < -0.4 is 16.0 Å². The van der Waals surface area contributed by atoms with Crippen molar-refractivity contribution in [2.75, 3.05) is 29.1 Å². The molecule has 12 nitrogen and oxygen atoms in total.